The minimum atomic E-state index is -3.70. The van der Waals surface area contributed by atoms with Crippen molar-refractivity contribution in [1.29, 1.82) is 0 Å². The Labute approximate surface area is 176 Å². The molecule has 0 amide bonds. The Morgan fingerprint density at radius 3 is 2.34 bits per heavy atom. The molecule has 0 fully saturated rings. The van der Waals surface area contributed by atoms with E-state index in [0.29, 0.717) is 9.47 Å². The second-order valence-electron chi connectivity index (χ2n) is 6.65. The summed E-state index contributed by atoms with van der Waals surface area (Å²) in [5.74, 6) is 0. The predicted molar refractivity (Wildman–Crippen MR) is 116 cm³/mol. The number of rotatable bonds is 5. The summed E-state index contributed by atoms with van der Waals surface area (Å²) in [6, 6.07) is 20.1. The summed E-state index contributed by atoms with van der Waals surface area (Å²) in [7, 11) is -3.70. The van der Waals surface area contributed by atoms with Gasteiger partial charge in [0.1, 0.15) is 0 Å². The lowest BCUT2D eigenvalue weighted by Gasteiger charge is -2.21. The first-order valence-electron chi connectivity index (χ1n) is 8.87. The quantitative estimate of drug-likeness (QED) is 0.484. The number of benzene rings is 3. The number of sulfonamides is 1. The van der Waals surface area contributed by atoms with Gasteiger partial charge in [0.25, 0.3) is 0 Å². The van der Waals surface area contributed by atoms with Crippen molar-refractivity contribution in [3.8, 4) is 0 Å². The van der Waals surface area contributed by atoms with Crippen LogP contribution in [0.25, 0.3) is 10.8 Å². The summed E-state index contributed by atoms with van der Waals surface area (Å²) in [6.07, 6.45) is 0. The van der Waals surface area contributed by atoms with Gasteiger partial charge in [-0.2, -0.15) is 0 Å². The number of nitrogens with one attached hydrogen (secondary N) is 1. The first-order valence-corrected chi connectivity index (χ1v) is 12.1. The zero-order chi connectivity index (χ0) is 20.0. The number of thioether (sulfide) groups is 1. The molecule has 3 aromatic carbocycles. The van der Waals surface area contributed by atoms with E-state index in [4.69, 9.17) is 5.73 Å². The van der Waals surface area contributed by atoms with E-state index >= 15 is 0 Å². The van der Waals surface area contributed by atoms with Crippen molar-refractivity contribution in [3.63, 3.8) is 0 Å². The van der Waals surface area contributed by atoms with Crippen molar-refractivity contribution >= 4 is 49.0 Å². The van der Waals surface area contributed by atoms with Gasteiger partial charge in [-0.15, -0.1) is 10.2 Å². The highest BCUT2D eigenvalue weighted by atomic mass is 32.2. The van der Waals surface area contributed by atoms with Crippen LogP contribution in [0.2, 0.25) is 0 Å². The average Bonchev–Trinajstić information content (AvgIpc) is 3.27. The van der Waals surface area contributed by atoms with Crippen LogP contribution in [0.4, 0.5) is 5.13 Å². The first-order chi connectivity index (χ1) is 14.0. The summed E-state index contributed by atoms with van der Waals surface area (Å²) < 4.78 is 29.8. The standard InChI is InChI=1S/C20H16N4O2S3/c21-19-22-23-20(28-19)27-18-15-11-5-7-12-6-4-10-14(16(12)15)17(18)24-29(25,26)13-8-2-1-3-9-13/h1-11,17-18,24H,(H2,21,22)/t17-,18-/m0/s1. The van der Waals surface area contributed by atoms with Crippen molar-refractivity contribution in [3.05, 3.63) is 77.9 Å². The van der Waals surface area contributed by atoms with E-state index in [1.165, 1.54) is 23.1 Å². The van der Waals surface area contributed by atoms with E-state index < -0.39 is 16.1 Å². The van der Waals surface area contributed by atoms with Crippen LogP contribution >= 0.6 is 23.1 Å². The van der Waals surface area contributed by atoms with Crippen LogP contribution in [0.15, 0.2) is 76.0 Å². The third-order valence-corrected chi connectivity index (χ3v) is 8.51. The van der Waals surface area contributed by atoms with Crippen molar-refractivity contribution in [1.82, 2.24) is 14.9 Å². The molecule has 2 atom stereocenters. The van der Waals surface area contributed by atoms with Gasteiger partial charge in [-0.1, -0.05) is 77.7 Å². The Bertz CT molecular complexity index is 1300. The second-order valence-corrected chi connectivity index (χ2v) is 10.8. The highest BCUT2D eigenvalue weighted by molar-refractivity contribution is 8.01. The molecule has 0 radical (unpaired) electrons. The molecule has 29 heavy (non-hydrogen) atoms. The van der Waals surface area contributed by atoms with Crippen LogP contribution in [0.1, 0.15) is 22.4 Å². The molecule has 5 rings (SSSR count). The number of nitrogens with zero attached hydrogens (tertiary/aromatic N) is 2. The fourth-order valence-corrected chi connectivity index (χ4v) is 7.12. The summed E-state index contributed by atoms with van der Waals surface area (Å²) >= 11 is 2.78. The van der Waals surface area contributed by atoms with Gasteiger partial charge in [-0.3, -0.25) is 0 Å². The van der Waals surface area contributed by atoms with Crippen molar-refractivity contribution < 1.29 is 8.42 Å². The summed E-state index contributed by atoms with van der Waals surface area (Å²) in [6.45, 7) is 0. The third kappa shape index (κ3) is 3.29. The number of hydrogen-bond donors (Lipinski definition) is 2. The lowest BCUT2D eigenvalue weighted by molar-refractivity contribution is 0.557. The van der Waals surface area contributed by atoms with Gasteiger partial charge in [0.15, 0.2) is 4.34 Å². The Hall–Kier alpha value is -2.46. The van der Waals surface area contributed by atoms with Crippen LogP contribution in [-0.4, -0.2) is 18.6 Å². The average molecular weight is 441 g/mol. The van der Waals surface area contributed by atoms with E-state index in [9.17, 15) is 8.42 Å². The summed E-state index contributed by atoms with van der Waals surface area (Å²) in [5.41, 5.74) is 7.79. The summed E-state index contributed by atoms with van der Waals surface area (Å²) in [5, 5.41) is 10.4. The largest absolute Gasteiger partial charge is 0.374 e. The molecule has 0 saturated carbocycles. The van der Waals surface area contributed by atoms with Crippen molar-refractivity contribution in [2.75, 3.05) is 5.73 Å². The Kier molecular flexibility index (Phi) is 4.54. The zero-order valence-corrected chi connectivity index (χ0v) is 17.5. The van der Waals surface area contributed by atoms with Gasteiger partial charge in [0, 0.05) is 0 Å². The molecule has 0 spiro atoms. The van der Waals surface area contributed by atoms with Crippen LogP contribution < -0.4 is 10.5 Å². The lowest BCUT2D eigenvalue weighted by Crippen LogP contribution is -2.29. The molecular formula is C20H16N4O2S3. The predicted octanol–water partition coefficient (Wildman–Crippen LogP) is 4.14. The van der Waals surface area contributed by atoms with Gasteiger partial charge in [-0.25, -0.2) is 13.1 Å². The van der Waals surface area contributed by atoms with Crippen molar-refractivity contribution in [2.24, 2.45) is 0 Å². The van der Waals surface area contributed by atoms with E-state index in [1.54, 1.807) is 30.3 Å². The van der Waals surface area contributed by atoms with Gasteiger partial charge in [-0.05, 0) is 34.0 Å². The fourth-order valence-electron chi connectivity index (χ4n) is 3.71. The number of hydrogen-bond acceptors (Lipinski definition) is 7. The maximum atomic E-state index is 13.1. The molecule has 1 aromatic heterocycles. The monoisotopic (exact) mass is 440 g/mol. The minimum Gasteiger partial charge on any atom is -0.374 e. The maximum absolute atomic E-state index is 13.1. The molecule has 1 aliphatic carbocycles. The molecule has 1 aliphatic rings. The molecule has 0 bridgehead atoms. The minimum absolute atomic E-state index is 0.179. The molecule has 6 nitrogen and oxygen atoms in total. The zero-order valence-electron chi connectivity index (χ0n) is 15.0. The smallest absolute Gasteiger partial charge is 0.241 e. The van der Waals surface area contributed by atoms with E-state index in [1.807, 2.05) is 36.4 Å². The van der Waals surface area contributed by atoms with Crippen molar-refractivity contribution in [2.45, 2.75) is 20.5 Å². The number of anilines is 1. The van der Waals surface area contributed by atoms with E-state index in [0.717, 1.165) is 21.9 Å². The highest BCUT2D eigenvalue weighted by Crippen LogP contribution is 2.53. The molecule has 0 unspecified atom stereocenters. The molecule has 4 aromatic rings. The molecular weight excluding hydrogens is 424 g/mol. The van der Waals surface area contributed by atoms with Crippen LogP contribution in [0, 0.1) is 0 Å². The third-order valence-electron chi connectivity index (χ3n) is 4.90. The SMILES string of the molecule is Nc1nnc(S[C@H]2c3cccc4cccc(c34)[C@@H]2NS(=O)(=O)c2ccccc2)s1. The normalized spacial score (nSPS) is 18.3. The second kappa shape index (κ2) is 7.10. The van der Waals surface area contributed by atoms with Gasteiger partial charge in [0.05, 0.1) is 16.2 Å². The number of nitrogen functional groups attached to an aromatic ring is 1. The van der Waals surface area contributed by atoms with E-state index in [2.05, 4.69) is 14.9 Å². The van der Waals surface area contributed by atoms with Gasteiger partial charge in [0.2, 0.25) is 15.2 Å². The molecule has 1 heterocycles. The van der Waals surface area contributed by atoms with E-state index in [-0.39, 0.29) is 10.1 Å². The van der Waals surface area contributed by atoms with Crippen LogP contribution in [0.5, 0.6) is 0 Å². The highest BCUT2D eigenvalue weighted by Gasteiger charge is 2.38. The van der Waals surface area contributed by atoms with Crippen LogP contribution in [0.3, 0.4) is 0 Å². The molecule has 0 aliphatic heterocycles. The number of aromatic nitrogens is 2. The lowest BCUT2D eigenvalue weighted by atomic mass is 10.1. The molecule has 3 N–H and O–H groups in total. The van der Waals surface area contributed by atoms with Gasteiger partial charge >= 0.3 is 0 Å². The Balaban J connectivity index is 1.61. The van der Waals surface area contributed by atoms with Gasteiger partial charge < -0.3 is 5.73 Å². The molecule has 9 heteroatoms. The topological polar surface area (TPSA) is 98.0 Å². The summed E-state index contributed by atoms with van der Waals surface area (Å²) in [4.78, 5) is 0.243. The molecule has 0 saturated heterocycles. The first kappa shape index (κ1) is 18.6. The molecule has 146 valence electrons. The maximum Gasteiger partial charge on any atom is 0.241 e. The Morgan fingerprint density at radius 2 is 1.66 bits per heavy atom. The van der Waals surface area contributed by atoms with Crippen LogP contribution in [-0.2, 0) is 10.0 Å². The fraction of sp³-hybridized carbons (Fsp3) is 0.100. The Morgan fingerprint density at radius 1 is 0.931 bits per heavy atom. The number of nitrogens with two attached hydrogens (primary N) is 1.